The van der Waals surface area contributed by atoms with Crippen LogP contribution in [0.3, 0.4) is 0 Å². The number of para-hydroxylation sites is 1. The van der Waals surface area contributed by atoms with Gasteiger partial charge in [-0.1, -0.05) is 54.6 Å². The van der Waals surface area contributed by atoms with Crippen molar-refractivity contribution in [1.82, 2.24) is 5.32 Å². The summed E-state index contributed by atoms with van der Waals surface area (Å²) in [6, 6.07) is 25.0. The number of benzene rings is 3. The van der Waals surface area contributed by atoms with Crippen molar-refractivity contribution < 1.29 is 13.9 Å². The molecule has 0 aliphatic carbocycles. The highest BCUT2D eigenvalue weighted by molar-refractivity contribution is 5.91. The average Bonchev–Trinajstić information content (AvgIpc) is 2.71. The van der Waals surface area contributed by atoms with Crippen molar-refractivity contribution in [2.45, 2.75) is 6.54 Å². The fourth-order valence-electron chi connectivity index (χ4n) is 2.63. The zero-order valence-corrected chi connectivity index (χ0v) is 14.8. The second-order valence-corrected chi connectivity index (χ2v) is 5.95. The van der Waals surface area contributed by atoms with Gasteiger partial charge in [0, 0.05) is 11.8 Å². The molecular formula is C22H21FN2O2. The maximum absolute atomic E-state index is 13.1. The van der Waals surface area contributed by atoms with Crippen LogP contribution in [0, 0.1) is 5.82 Å². The number of amides is 2. The summed E-state index contributed by atoms with van der Waals surface area (Å²) >= 11 is 0. The first-order valence-corrected chi connectivity index (χ1v) is 8.75. The number of hydrogen-bond acceptors (Lipinski definition) is 2. The highest BCUT2D eigenvalue weighted by atomic mass is 19.1. The lowest BCUT2D eigenvalue weighted by atomic mass is 10.2. The first kappa shape index (κ1) is 18.5. The smallest absolute Gasteiger partial charge is 0.322 e. The van der Waals surface area contributed by atoms with Gasteiger partial charge >= 0.3 is 6.03 Å². The van der Waals surface area contributed by atoms with Crippen LogP contribution in [0.15, 0.2) is 84.9 Å². The third-order valence-corrected chi connectivity index (χ3v) is 3.94. The summed E-state index contributed by atoms with van der Waals surface area (Å²) in [5.74, 6) is 0.0862. The highest BCUT2D eigenvalue weighted by Gasteiger charge is 2.15. The second kappa shape index (κ2) is 9.38. The van der Waals surface area contributed by atoms with Gasteiger partial charge in [-0.3, -0.25) is 4.90 Å². The minimum atomic E-state index is -0.352. The molecule has 0 aliphatic rings. The van der Waals surface area contributed by atoms with Crippen LogP contribution in [0.2, 0.25) is 0 Å². The molecule has 0 fully saturated rings. The molecule has 0 spiro atoms. The topological polar surface area (TPSA) is 41.6 Å². The molecule has 3 aromatic rings. The summed E-state index contributed by atoms with van der Waals surface area (Å²) in [5, 5.41) is 2.85. The molecule has 5 heteroatoms. The van der Waals surface area contributed by atoms with E-state index in [9.17, 15) is 9.18 Å². The van der Waals surface area contributed by atoms with Gasteiger partial charge in [0.1, 0.15) is 18.2 Å². The van der Waals surface area contributed by atoms with Gasteiger partial charge in [0.05, 0.1) is 13.1 Å². The van der Waals surface area contributed by atoms with E-state index < -0.39 is 0 Å². The van der Waals surface area contributed by atoms with Gasteiger partial charge in [-0.15, -0.1) is 0 Å². The number of nitrogens with one attached hydrogen (secondary N) is 1. The Morgan fingerprint density at radius 1 is 0.926 bits per heavy atom. The third-order valence-electron chi connectivity index (χ3n) is 3.94. The molecule has 0 radical (unpaired) electrons. The van der Waals surface area contributed by atoms with Gasteiger partial charge in [0.25, 0.3) is 0 Å². The van der Waals surface area contributed by atoms with Crippen LogP contribution in [0.5, 0.6) is 5.75 Å². The van der Waals surface area contributed by atoms with E-state index in [1.165, 1.54) is 12.1 Å². The molecular weight excluding hydrogens is 343 g/mol. The Labute approximate surface area is 158 Å². The maximum atomic E-state index is 13.1. The molecule has 0 bridgehead atoms. The number of urea groups is 1. The van der Waals surface area contributed by atoms with Crippen LogP contribution >= 0.6 is 0 Å². The van der Waals surface area contributed by atoms with E-state index in [4.69, 9.17) is 4.74 Å². The number of hydrogen-bond donors (Lipinski definition) is 1. The van der Waals surface area contributed by atoms with Crippen molar-refractivity contribution in [3.8, 4) is 5.75 Å². The monoisotopic (exact) mass is 364 g/mol. The van der Waals surface area contributed by atoms with Gasteiger partial charge in [-0.25, -0.2) is 9.18 Å². The lowest BCUT2D eigenvalue weighted by molar-refractivity contribution is 0.241. The Hall–Kier alpha value is -3.34. The molecule has 0 heterocycles. The molecule has 3 aromatic carbocycles. The lowest BCUT2D eigenvalue weighted by Crippen LogP contribution is -2.41. The molecule has 0 saturated carbocycles. The first-order valence-electron chi connectivity index (χ1n) is 8.75. The standard InChI is InChI=1S/C22H21FN2O2/c23-19-10-7-13-21(16-19)27-15-14-24-22(26)25(20-11-5-2-6-12-20)17-18-8-3-1-4-9-18/h1-13,16H,14-15,17H2,(H,24,26). The Balaban J connectivity index is 1.59. The molecule has 0 unspecified atom stereocenters. The zero-order chi connectivity index (χ0) is 18.9. The van der Waals surface area contributed by atoms with E-state index in [0.717, 1.165) is 11.3 Å². The second-order valence-electron chi connectivity index (χ2n) is 5.95. The van der Waals surface area contributed by atoms with E-state index in [0.29, 0.717) is 18.8 Å². The van der Waals surface area contributed by atoms with Crippen LogP contribution < -0.4 is 15.0 Å². The van der Waals surface area contributed by atoms with Crippen LogP contribution in [0.1, 0.15) is 5.56 Å². The van der Waals surface area contributed by atoms with Gasteiger partial charge < -0.3 is 10.1 Å². The largest absolute Gasteiger partial charge is 0.492 e. The summed E-state index contributed by atoms with van der Waals surface area (Å²) < 4.78 is 18.6. The molecule has 2 amide bonds. The number of ether oxygens (including phenoxy) is 1. The van der Waals surface area contributed by atoms with Gasteiger partial charge in [0.15, 0.2) is 0 Å². The average molecular weight is 364 g/mol. The predicted molar refractivity (Wildman–Crippen MR) is 104 cm³/mol. The van der Waals surface area contributed by atoms with Crippen molar-refractivity contribution in [2.75, 3.05) is 18.1 Å². The minimum Gasteiger partial charge on any atom is -0.492 e. The van der Waals surface area contributed by atoms with Crippen LogP contribution in [0.4, 0.5) is 14.9 Å². The van der Waals surface area contributed by atoms with E-state index in [-0.39, 0.29) is 18.5 Å². The van der Waals surface area contributed by atoms with E-state index in [1.54, 1.807) is 17.0 Å². The summed E-state index contributed by atoms with van der Waals surface area (Å²) in [6.45, 7) is 1.03. The highest BCUT2D eigenvalue weighted by Crippen LogP contribution is 2.17. The summed E-state index contributed by atoms with van der Waals surface area (Å²) in [7, 11) is 0. The molecule has 138 valence electrons. The summed E-state index contributed by atoms with van der Waals surface area (Å²) in [6.07, 6.45) is 0. The lowest BCUT2D eigenvalue weighted by Gasteiger charge is -2.23. The summed E-state index contributed by atoms with van der Waals surface area (Å²) in [4.78, 5) is 14.4. The Kier molecular flexibility index (Phi) is 6.41. The number of nitrogens with zero attached hydrogens (tertiary/aromatic N) is 1. The zero-order valence-electron chi connectivity index (χ0n) is 14.8. The number of carbonyl (C=O) groups is 1. The fraction of sp³-hybridized carbons (Fsp3) is 0.136. The van der Waals surface area contributed by atoms with E-state index >= 15 is 0 Å². The molecule has 0 aromatic heterocycles. The number of halogens is 1. The van der Waals surface area contributed by atoms with E-state index in [2.05, 4.69) is 5.32 Å². The quantitative estimate of drug-likeness (QED) is 0.622. The Morgan fingerprint density at radius 2 is 1.63 bits per heavy atom. The maximum Gasteiger partial charge on any atom is 0.322 e. The van der Waals surface area contributed by atoms with Crippen LogP contribution in [0.25, 0.3) is 0 Å². The van der Waals surface area contributed by atoms with Crippen LogP contribution in [-0.2, 0) is 6.54 Å². The Bertz CT molecular complexity index is 856. The minimum absolute atomic E-state index is 0.215. The van der Waals surface area contributed by atoms with E-state index in [1.807, 2.05) is 60.7 Å². The summed E-state index contributed by atoms with van der Waals surface area (Å²) in [5.41, 5.74) is 1.84. The van der Waals surface area contributed by atoms with Crippen molar-refractivity contribution in [2.24, 2.45) is 0 Å². The molecule has 0 atom stereocenters. The Morgan fingerprint density at radius 3 is 2.33 bits per heavy atom. The van der Waals surface area contributed by atoms with Gasteiger partial charge in [0.2, 0.25) is 0 Å². The third kappa shape index (κ3) is 5.57. The normalized spacial score (nSPS) is 10.3. The number of anilines is 1. The predicted octanol–water partition coefficient (Wildman–Crippen LogP) is 4.62. The van der Waals surface area contributed by atoms with Crippen molar-refractivity contribution >= 4 is 11.7 Å². The van der Waals surface area contributed by atoms with Crippen LogP contribution in [-0.4, -0.2) is 19.2 Å². The first-order chi connectivity index (χ1) is 13.2. The molecule has 0 aliphatic heterocycles. The van der Waals surface area contributed by atoms with Crippen molar-refractivity contribution in [1.29, 1.82) is 0 Å². The molecule has 27 heavy (non-hydrogen) atoms. The van der Waals surface area contributed by atoms with Gasteiger partial charge in [-0.05, 0) is 29.8 Å². The number of rotatable bonds is 7. The van der Waals surface area contributed by atoms with Gasteiger partial charge in [-0.2, -0.15) is 0 Å². The molecule has 1 N–H and O–H groups in total. The molecule has 0 saturated heterocycles. The molecule has 3 rings (SSSR count). The molecule has 4 nitrogen and oxygen atoms in total. The fourth-order valence-corrected chi connectivity index (χ4v) is 2.63. The number of carbonyl (C=O) groups excluding carboxylic acids is 1. The SMILES string of the molecule is O=C(NCCOc1cccc(F)c1)N(Cc1ccccc1)c1ccccc1. The van der Waals surface area contributed by atoms with Crippen molar-refractivity contribution in [3.63, 3.8) is 0 Å². The van der Waals surface area contributed by atoms with Crippen molar-refractivity contribution in [3.05, 3.63) is 96.3 Å².